The lowest BCUT2D eigenvalue weighted by Gasteiger charge is -2.11. The molecule has 0 aromatic carbocycles. The van der Waals surface area contributed by atoms with Gasteiger partial charge in [0.05, 0.1) is 5.56 Å². The molecule has 86 valence electrons. The lowest BCUT2D eigenvalue weighted by molar-refractivity contribution is 0.0696. The number of nitrogens with one attached hydrogen (secondary N) is 1. The molecule has 0 saturated carbocycles. The monoisotopic (exact) mass is 220 g/mol. The lowest BCUT2D eigenvalue weighted by Crippen LogP contribution is -2.14. The maximum Gasteiger partial charge on any atom is 0.335 e. The van der Waals surface area contributed by atoms with Gasteiger partial charge in [-0.15, -0.1) is 6.58 Å². The van der Waals surface area contributed by atoms with Gasteiger partial charge in [-0.25, -0.2) is 9.78 Å². The van der Waals surface area contributed by atoms with E-state index < -0.39 is 5.97 Å². The molecular formula is C12H16N2O2. The maximum absolute atomic E-state index is 10.9. The lowest BCUT2D eigenvalue weighted by atomic mass is 10.2. The molecule has 0 aliphatic rings. The number of pyridine rings is 1. The van der Waals surface area contributed by atoms with Crippen molar-refractivity contribution in [2.45, 2.75) is 26.3 Å². The minimum Gasteiger partial charge on any atom is -0.478 e. The molecule has 0 radical (unpaired) electrons. The van der Waals surface area contributed by atoms with Crippen LogP contribution in [0.25, 0.3) is 0 Å². The quantitative estimate of drug-likeness (QED) is 0.747. The zero-order chi connectivity index (χ0) is 12.1. The van der Waals surface area contributed by atoms with Gasteiger partial charge in [0.1, 0.15) is 5.82 Å². The fraction of sp³-hybridized carbons (Fsp3) is 0.333. The molecule has 0 amide bonds. The summed E-state index contributed by atoms with van der Waals surface area (Å²) in [6.45, 7) is 7.51. The van der Waals surface area contributed by atoms with E-state index in [4.69, 9.17) is 5.11 Å². The number of rotatable bonds is 5. The van der Waals surface area contributed by atoms with Crippen molar-refractivity contribution in [3.63, 3.8) is 0 Å². The van der Waals surface area contributed by atoms with Crippen molar-refractivity contribution in [1.29, 1.82) is 0 Å². The summed E-state index contributed by atoms with van der Waals surface area (Å²) in [5.74, 6) is -0.365. The highest BCUT2D eigenvalue weighted by molar-refractivity contribution is 5.88. The number of carboxylic acid groups (broad SMARTS) is 1. The van der Waals surface area contributed by atoms with Crippen molar-refractivity contribution < 1.29 is 9.90 Å². The highest BCUT2D eigenvalue weighted by Gasteiger charge is 2.08. The number of carboxylic acids is 1. The molecule has 1 heterocycles. The van der Waals surface area contributed by atoms with Crippen LogP contribution in [0.3, 0.4) is 0 Å². The van der Waals surface area contributed by atoms with Crippen molar-refractivity contribution in [1.82, 2.24) is 4.98 Å². The second kappa shape index (κ2) is 5.30. The molecule has 1 unspecified atom stereocenters. The summed E-state index contributed by atoms with van der Waals surface area (Å²) >= 11 is 0. The molecule has 16 heavy (non-hydrogen) atoms. The van der Waals surface area contributed by atoms with E-state index in [2.05, 4.69) is 16.9 Å². The van der Waals surface area contributed by atoms with Gasteiger partial charge in [0.2, 0.25) is 0 Å². The van der Waals surface area contributed by atoms with E-state index in [0.717, 1.165) is 5.69 Å². The van der Waals surface area contributed by atoms with Crippen LogP contribution < -0.4 is 5.32 Å². The zero-order valence-corrected chi connectivity index (χ0v) is 9.53. The molecule has 0 aliphatic heterocycles. The molecule has 1 aromatic heterocycles. The minimum atomic E-state index is -0.939. The predicted molar refractivity (Wildman–Crippen MR) is 63.9 cm³/mol. The van der Waals surface area contributed by atoms with Gasteiger partial charge >= 0.3 is 5.97 Å². The Morgan fingerprint density at radius 1 is 1.69 bits per heavy atom. The first-order valence-electron chi connectivity index (χ1n) is 5.20. The van der Waals surface area contributed by atoms with Crippen molar-refractivity contribution in [3.05, 3.63) is 36.0 Å². The molecule has 0 bridgehead atoms. The van der Waals surface area contributed by atoms with Crippen molar-refractivity contribution in [3.8, 4) is 0 Å². The van der Waals surface area contributed by atoms with Crippen LogP contribution in [-0.4, -0.2) is 22.1 Å². The van der Waals surface area contributed by atoms with Crippen LogP contribution >= 0.6 is 0 Å². The van der Waals surface area contributed by atoms with Crippen LogP contribution in [0.2, 0.25) is 0 Å². The van der Waals surface area contributed by atoms with Gasteiger partial charge in [0, 0.05) is 11.7 Å². The average Bonchev–Trinajstić information content (AvgIpc) is 2.28. The standard InChI is InChI=1S/C12H16N2O2/c1-4-8(3)13-11-7-9(12(15)16)6-10(5-2)14-11/h4,6-8H,1,5H2,2-3H3,(H,13,14)(H,15,16). The molecule has 1 rings (SSSR count). The number of aromatic nitrogens is 1. The fourth-order valence-corrected chi connectivity index (χ4v) is 1.26. The van der Waals surface area contributed by atoms with E-state index in [-0.39, 0.29) is 11.6 Å². The largest absolute Gasteiger partial charge is 0.478 e. The minimum absolute atomic E-state index is 0.0567. The number of hydrogen-bond acceptors (Lipinski definition) is 3. The number of hydrogen-bond donors (Lipinski definition) is 2. The summed E-state index contributed by atoms with van der Waals surface area (Å²) < 4.78 is 0. The first-order valence-corrected chi connectivity index (χ1v) is 5.20. The Morgan fingerprint density at radius 3 is 2.88 bits per heavy atom. The number of carbonyl (C=O) groups is 1. The molecule has 4 heteroatoms. The van der Waals surface area contributed by atoms with Gasteiger partial charge in [0.25, 0.3) is 0 Å². The summed E-state index contributed by atoms with van der Waals surface area (Å²) in [4.78, 5) is 15.2. The van der Waals surface area contributed by atoms with Crippen molar-refractivity contribution in [2.75, 3.05) is 5.32 Å². The summed E-state index contributed by atoms with van der Waals surface area (Å²) in [6, 6.07) is 3.18. The van der Waals surface area contributed by atoms with Gasteiger partial charge in [-0.3, -0.25) is 0 Å². The van der Waals surface area contributed by atoms with Crippen LogP contribution in [-0.2, 0) is 6.42 Å². The van der Waals surface area contributed by atoms with Crippen LogP contribution in [0.5, 0.6) is 0 Å². The van der Waals surface area contributed by atoms with E-state index in [9.17, 15) is 4.79 Å². The second-order valence-electron chi connectivity index (χ2n) is 3.56. The Morgan fingerprint density at radius 2 is 2.38 bits per heavy atom. The van der Waals surface area contributed by atoms with Gasteiger partial charge < -0.3 is 10.4 Å². The molecule has 4 nitrogen and oxygen atoms in total. The van der Waals surface area contributed by atoms with Crippen molar-refractivity contribution >= 4 is 11.8 Å². The molecular weight excluding hydrogens is 204 g/mol. The van der Waals surface area contributed by atoms with Crippen molar-refractivity contribution in [2.24, 2.45) is 0 Å². The van der Waals surface area contributed by atoms with Crippen LogP contribution in [0, 0.1) is 0 Å². The van der Waals surface area contributed by atoms with E-state index in [1.165, 1.54) is 6.07 Å². The molecule has 2 N–H and O–H groups in total. The number of aromatic carboxylic acids is 1. The predicted octanol–water partition coefficient (Wildman–Crippen LogP) is 2.33. The summed E-state index contributed by atoms with van der Waals surface area (Å²) in [5.41, 5.74) is 1.02. The molecule has 0 aliphatic carbocycles. The third kappa shape index (κ3) is 3.08. The van der Waals surface area contributed by atoms with Gasteiger partial charge in [-0.1, -0.05) is 13.0 Å². The number of nitrogens with zero attached hydrogens (tertiary/aromatic N) is 1. The summed E-state index contributed by atoms with van der Waals surface area (Å²) in [5, 5.41) is 12.0. The first-order chi connectivity index (χ1) is 7.56. The smallest absolute Gasteiger partial charge is 0.335 e. The summed E-state index contributed by atoms with van der Waals surface area (Å²) in [7, 11) is 0. The molecule has 1 aromatic rings. The van der Waals surface area contributed by atoms with E-state index in [1.807, 2.05) is 13.8 Å². The second-order valence-corrected chi connectivity index (χ2v) is 3.56. The Labute approximate surface area is 95.0 Å². The molecule has 0 saturated heterocycles. The topological polar surface area (TPSA) is 62.2 Å². The third-order valence-corrected chi connectivity index (χ3v) is 2.22. The Bertz CT molecular complexity index is 402. The first kappa shape index (κ1) is 12.2. The van der Waals surface area contributed by atoms with Crippen LogP contribution in [0.1, 0.15) is 29.9 Å². The molecule has 0 spiro atoms. The highest BCUT2D eigenvalue weighted by Crippen LogP contribution is 2.12. The fourth-order valence-electron chi connectivity index (χ4n) is 1.26. The zero-order valence-electron chi connectivity index (χ0n) is 9.53. The highest BCUT2D eigenvalue weighted by atomic mass is 16.4. The van der Waals surface area contributed by atoms with Gasteiger partial charge in [0.15, 0.2) is 0 Å². The van der Waals surface area contributed by atoms with E-state index >= 15 is 0 Å². The summed E-state index contributed by atoms with van der Waals surface area (Å²) in [6.07, 6.45) is 2.44. The van der Waals surface area contributed by atoms with Crippen LogP contribution in [0.4, 0.5) is 5.82 Å². The van der Waals surface area contributed by atoms with Gasteiger partial charge in [-0.2, -0.15) is 0 Å². The molecule has 1 atom stereocenters. The molecule has 0 fully saturated rings. The Hall–Kier alpha value is -1.84. The maximum atomic E-state index is 10.9. The number of anilines is 1. The normalized spacial score (nSPS) is 11.9. The Balaban J connectivity index is 3.03. The average molecular weight is 220 g/mol. The van der Waals surface area contributed by atoms with Gasteiger partial charge in [-0.05, 0) is 25.5 Å². The Kier molecular flexibility index (Phi) is 4.05. The SMILES string of the molecule is C=CC(C)Nc1cc(C(=O)O)cc(CC)n1. The van der Waals surface area contributed by atoms with E-state index in [0.29, 0.717) is 12.2 Å². The third-order valence-electron chi connectivity index (χ3n) is 2.22. The van der Waals surface area contributed by atoms with E-state index in [1.54, 1.807) is 12.1 Å². The number of aryl methyl sites for hydroxylation is 1. The van der Waals surface area contributed by atoms with Crippen LogP contribution in [0.15, 0.2) is 24.8 Å².